The molecule has 0 amide bonds. The Morgan fingerprint density at radius 2 is 2.10 bits per heavy atom. The van der Waals surface area contributed by atoms with Crippen molar-refractivity contribution in [2.45, 2.75) is 20.4 Å². The second-order valence-corrected chi connectivity index (χ2v) is 4.46. The normalized spacial score (nSPS) is 10.3. The molecule has 0 aliphatic rings. The van der Waals surface area contributed by atoms with Crippen LogP contribution in [-0.4, -0.2) is 27.6 Å². The van der Waals surface area contributed by atoms with Gasteiger partial charge in [-0.1, -0.05) is 6.07 Å². The number of carboxylic acid groups (broad SMARTS) is 1. The van der Waals surface area contributed by atoms with Crippen molar-refractivity contribution in [3.63, 3.8) is 0 Å². The summed E-state index contributed by atoms with van der Waals surface area (Å²) in [5, 5.41) is 9.22. The summed E-state index contributed by atoms with van der Waals surface area (Å²) in [5.41, 5.74) is 2.54. The van der Waals surface area contributed by atoms with E-state index in [1.54, 1.807) is 12.1 Å². The number of rotatable bonds is 5. The quantitative estimate of drug-likeness (QED) is 0.905. The first-order valence-electron chi connectivity index (χ1n) is 6.47. The number of hydrogen-bond donors (Lipinski definition) is 1. The van der Waals surface area contributed by atoms with Crippen LogP contribution in [0.4, 0.5) is 5.69 Å². The number of hydrogen-bond acceptors (Lipinski definition) is 4. The minimum absolute atomic E-state index is 0.0713. The van der Waals surface area contributed by atoms with Crippen molar-refractivity contribution in [3.05, 3.63) is 53.6 Å². The molecule has 2 aromatic rings. The summed E-state index contributed by atoms with van der Waals surface area (Å²) in [7, 11) is 0. The van der Waals surface area contributed by atoms with Crippen LogP contribution in [0.1, 0.15) is 28.8 Å². The molecule has 0 radical (unpaired) electrons. The first-order valence-corrected chi connectivity index (χ1v) is 6.47. The van der Waals surface area contributed by atoms with Crippen molar-refractivity contribution < 1.29 is 9.90 Å². The van der Waals surface area contributed by atoms with E-state index in [1.165, 1.54) is 6.20 Å². The average Bonchev–Trinajstić information content (AvgIpc) is 2.45. The van der Waals surface area contributed by atoms with Crippen molar-refractivity contribution >= 4 is 11.7 Å². The van der Waals surface area contributed by atoms with Crippen LogP contribution in [0.2, 0.25) is 0 Å². The highest BCUT2D eigenvalue weighted by atomic mass is 16.4. The lowest BCUT2D eigenvalue weighted by Crippen LogP contribution is -2.25. The molecule has 1 N–H and O–H groups in total. The molecule has 5 heteroatoms. The zero-order chi connectivity index (χ0) is 14.5. The molecular weight excluding hydrogens is 254 g/mol. The largest absolute Gasteiger partial charge is 0.476 e. The number of aryl methyl sites for hydroxylation is 1. The highest BCUT2D eigenvalue weighted by Crippen LogP contribution is 2.20. The van der Waals surface area contributed by atoms with Crippen molar-refractivity contribution in [1.82, 2.24) is 9.97 Å². The third-order valence-electron chi connectivity index (χ3n) is 3.01. The molecule has 104 valence electrons. The van der Waals surface area contributed by atoms with Gasteiger partial charge in [-0.15, -0.1) is 0 Å². The van der Waals surface area contributed by atoms with Gasteiger partial charge in [0.1, 0.15) is 0 Å². The summed E-state index contributed by atoms with van der Waals surface area (Å²) in [4.78, 5) is 21.6. The number of anilines is 1. The van der Waals surface area contributed by atoms with Crippen LogP contribution in [0.3, 0.4) is 0 Å². The summed E-state index contributed by atoms with van der Waals surface area (Å²) >= 11 is 0. The van der Waals surface area contributed by atoms with E-state index in [9.17, 15) is 9.90 Å². The lowest BCUT2D eigenvalue weighted by atomic mass is 10.2. The van der Waals surface area contributed by atoms with Gasteiger partial charge in [-0.3, -0.25) is 4.98 Å². The third-order valence-corrected chi connectivity index (χ3v) is 3.01. The van der Waals surface area contributed by atoms with Gasteiger partial charge in [-0.2, -0.15) is 0 Å². The number of aromatic carboxylic acids is 1. The minimum atomic E-state index is -1.02. The highest BCUT2D eigenvalue weighted by molar-refractivity contribution is 5.92. The molecule has 0 aromatic carbocycles. The van der Waals surface area contributed by atoms with Gasteiger partial charge in [0.2, 0.25) is 0 Å². The lowest BCUT2D eigenvalue weighted by molar-refractivity contribution is 0.0691. The molecule has 0 bridgehead atoms. The van der Waals surface area contributed by atoms with E-state index in [-0.39, 0.29) is 5.69 Å². The molecular formula is C15H17N3O2. The molecule has 0 aliphatic heterocycles. The average molecular weight is 271 g/mol. The van der Waals surface area contributed by atoms with Crippen LogP contribution < -0.4 is 4.90 Å². The van der Waals surface area contributed by atoms with E-state index < -0.39 is 5.97 Å². The van der Waals surface area contributed by atoms with Crippen molar-refractivity contribution in [2.24, 2.45) is 0 Å². The van der Waals surface area contributed by atoms with Gasteiger partial charge in [-0.05, 0) is 38.1 Å². The van der Waals surface area contributed by atoms with Crippen LogP contribution in [0.15, 0.2) is 36.5 Å². The Kier molecular flexibility index (Phi) is 4.30. The molecule has 2 aromatic heterocycles. The van der Waals surface area contributed by atoms with E-state index in [0.29, 0.717) is 18.8 Å². The summed E-state index contributed by atoms with van der Waals surface area (Å²) in [6, 6.07) is 9.34. The van der Waals surface area contributed by atoms with Gasteiger partial charge in [0.15, 0.2) is 5.69 Å². The second kappa shape index (κ2) is 6.14. The third kappa shape index (κ3) is 3.12. The molecule has 0 unspecified atom stereocenters. The molecule has 2 heterocycles. The maximum Gasteiger partial charge on any atom is 0.356 e. The van der Waals surface area contributed by atoms with Crippen LogP contribution in [0, 0.1) is 6.92 Å². The number of nitrogens with zero attached hydrogens (tertiary/aromatic N) is 3. The standard InChI is InChI=1S/C15H17N3O2/c1-3-18(10-12-7-4-6-11(2)17-12)13-8-5-9-16-14(13)15(19)20/h4-9H,3,10H2,1-2H3,(H,19,20). The fourth-order valence-corrected chi connectivity index (χ4v) is 2.07. The van der Waals surface area contributed by atoms with Gasteiger partial charge in [-0.25, -0.2) is 9.78 Å². The van der Waals surface area contributed by atoms with Crippen LogP contribution in [0.5, 0.6) is 0 Å². The highest BCUT2D eigenvalue weighted by Gasteiger charge is 2.16. The van der Waals surface area contributed by atoms with E-state index >= 15 is 0 Å². The topological polar surface area (TPSA) is 66.3 Å². The van der Waals surface area contributed by atoms with E-state index in [2.05, 4.69) is 9.97 Å². The Morgan fingerprint density at radius 1 is 1.30 bits per heavy atom. The molecule has 0 saturated carbocycles. The maximum absolute atomic E-state index is 11.2. The Labute approximate surface area is 117 Å². The summed E-state index contributed by atoms with van der Waals surface area (Å²) in [6.45, 7) is 5.16. The van der Waals surface area contributed by atoms with Gasteiger partial charge < -0.3 is 10.0 Å². The SMILES string of the molecule is CCN(Cc1cccc(C)n1)c1cccnc1C(=O)O. The van der Waals surface area contributed by atoms with Crippen molar-refractivity contribution in [1.29, 1.82) is 0 Å². The zero-order valence-electron chi connectivity index (χ0n) is 11.6. The van der Waals surface area contributed by atoms with Gasteiger partial charge >= 0.3 is 5.97 Å². The summed E-state index contributed by atoms with van der Waals surface area (Å²) in [6.07, 6.45) is 1.49. The van der Waals surface area contributed by atoms with Gasteiger partial charge in [0, 0.05) is 18.4 Å². The Hall–Kier alpha value is -2.43. The molecule has 5 nitrogen and oxygen atoms in total. The smallest absolute Gasteiger partial charge is 0.356 e. The van der Waals surface area contributed by atoms with E-state index in [1.807, 2.05) is 36.9 Å². The van der Waals surface area contributed by atoms with Gasteiger partial charge in [0.05, 0.1) is 17.9 Å². The maximum atomic E-state index is 11.2. The van der Waals surface area contributed by atoms with Gasteiger partial charge in [0.25, 0.3) is 0 Å². The summed E-state index contributed by atoms with van der Waals surface area (Å²) < 4.78 is 0. The fraction of sp³-hybridized carbons (Fsp3) is 0.267. The summed E-state index contributed by atoms with van der Waals surface area (Å²) in [5.74, 6) is -1.02. The van der Waals surface area contributed by atoms with E-state index in [0.717, 1.165) is 11.4 Å². The minimum Gasteiger partial charge on any atom is -0.476 e. The molecule has 0 fully saturated rings. The van der Waals surface area contributed by atoms with Crippen LogP contribution >= 0.6 is 0 Å². The predicted octanol–water partition coefficient (Wildman–Crippen LogP) is 2.51. The molecule has 2 rings (SSSR count). The number of carbonyl (C=O) groups is 1. The van der Waals surface area contributed by atoms with Crippen LogP contribution in [-0.2, 0) is 6.54 Å². The van der Waals surface area contributed by atoms with Crippen molar-refractivity contribution in [2.75, 3.05) is 11.4 Å². The number of carboxylic acids is 1. The van der Waals surface area contributed by atoms with Crippen molar-refractivity contribution in [3.8, 4) is 0 Å². The predicted molar refractivity (Wildman–Crippen MR) is 76.9 cm³/mol. The number of pyridine rings is 2. The molecule has 0 saturated heterocycles. The molecule has 0 spiro atoms. The van der Waals surface area contributed by atoms with Crippen LogP contribution in [0.25, 0.3) is 0 Å². The zero-order valence-corrected chi connectivity index (χ0v) is 11.6. The lowest BCUT2D eigenvalue weighted by Gasteiger charge is -2.23. The first kappa shape index (κ1) is 14.0. The fourth-order valence-electron chi connectivity index (χ4n) is 2.07. The monoisotopic (exact) mass is 271 g/mol. The molecule has 0 aliphatic carbocycles. The molecule has 0 atom stereocenters. The molecule has 20 heavy (non-hydrogen) atoms. The first-order chi connectivity index (χ1) is 9.61. The van der Waals surface area contributed by atoms with E-state index in [4.69, 9.17) is 0 Å². The Bertz CT molecular complexity index is 614. The number of aromatic nitrogens is 2. The Balaban J connectivity index is 2.31. The second-order valence-electron chi connectivity index (χ2n) is 4.46. The Morgan fingerprint density at radius 3 is 2.75 bits per heavy atom.